The molecule has 4 nitrogen and oxygen atoms in total. The Bertz CT molecular complexity index is 366. The maximum Gasteiger partial charge on any atom is 0.238 e. The third kappa shape index (κ3) is 4.87. The van der Waals surface area contributed by atoms with Crippen molar-refractivity contribution in [3.05, 3.63) is 24.3 Å². The highest BCUT2D eigenvalue weighted by molar-refractivity contribution is 5.92. The number of ether oxygens (including phenoxy) is 1. The van der Waals surface area contributed by atoms with Gasteiger partial charge in [0.25, 0.3) is 0 Å². The Hall–Kier alpha value is -1.55. The van der Waals surface area contributed by atoms with Gasteiger partial charge in [-0.3, -0.25) is 4.79 Å². The monoisotopic (exact) mass is 236 g/mol. The van der Waals surface area contributed by atoms with Crippen LogP contribution in [0.2, 0.25) is 0 Å². The van der Waals surface area contributed by atoms with Crippen LogP contribution in [-0.4, -0.2) is 25.6 Å². The van der Waals surface area contributed by atoms with Crippen LogP contribution in [0.15, 0.2) is 24.3 Å². The Morgan fingerprint density at radius 3 is 2.88 bits per heavy atom. The molecule has 0 bridgehead atoms. The van der Waals surface area contributed by atoms with Crippen LogP contribution in [-0.2, 0) is 4.79 Å². The van der Waals surface area contributed by atoms with E-state index in [4.69, 9.17) is 4.74 Å². The molecule has 0 radical (unpaired) electrons. The molecule has 0 saturated heterocycles. The van der Waals surface area contributed by atoms with Crippen molar-refractivity contribution in [1.82, 2.24) is 5.32 Å². The SMILES string of the molecule is CCC(C)Oc1cccc(NC(=O)CNC)c1. The number of carbonyl (C=O) groups is 1. The van der Waals surface area contributed by atoms with Crippen molar-refractivity contribution in [2.45, 2.75) is 26.4 Å². The number of likely N-dealkylation sites (N-methyl/N-ethyl adjacent to an activating group) is 1. The minimum absolute atomic E-state index is 0.0619. The molecule has 0 fully saturated rings. The number of hydrogen-bond acceptors (Lipinski definition) is 3. The minimum atomic E-state index is -0.0619. The van der Waals surface area contributed by atoms with Crippen molar-refractivity contribution in [1.29, 1.82) is 0 Å². The number of rotatable bonds is 6. The molecule has 0 aliphatic carbocycles. The molecule has 1 amide bonds. The van der Waals surface area contributed by atoms with E-state index >= 15 is 0 Å². The molecule has 1 atom stereocenters. The van der Waals surface area contributed by atoms with Crippen molar-refractivity contribution in [3.63, 3.8) is 0 Å². The molecule has 0 aromatic heterocycles. The average molecular weight is 236 g/mol. The summed E-state index contributed by atoms with van der Waals surface area (Å²) in [6.45, 7) is 4.39. The van der Waals surface area contributed by atoms with Crippen LogP contribution in [0.3, 0.4) is 0 Å². The van der Waals surface area contributed by atoms with Gasteiger partial charge in [0.15, 0.2) is 0 Å². The lowest BCUT2D eigenvalue weighted by atomic mass is 10.2. The van der Waals surface area contributed by atoms with Crippen molar-refractivity contribution in [3.8, 4) is 5.75 Å². The number of hydrogen-bond donors (Lipinski definition) is 2. The molecule has 1 aromatic rings. The Kier molecular flexibility index (Phi) is 5.49. The first kappa shape index (κ1) is 13.5. The van der Waals surface area contributed by atoms with E-state index in [2.05, 4.69) is 17.6 Å². The lowest BCUT2D eigenvalue weighted by molar-refractivity contribution is -0.115. The number of carbonyl (C=O) groups excluding carboxylic acids is 1. The first-order valence-electron chi connectivity index (χ1n) is 5.87. The number of benzene rings is 1. The van der Waals surface area contributed by atoms with E-state index in [1.807, 2.05) is 31.2 Å². The van der Waals surface area contributed by atoms with E-state index in [0.717, 1.165) is 17.9 Å². The Balaban J connectivity index is 2.62. The van der Waals surface area contributed by atoms with Gasteiger partial charge in [-0.25, -0.2) is 0 Å². The first-order valence-corrected chi connectivity index (χ1v) is 5.87. The molecular formula is C13H20N2O2. The summed E-state index contributed by atoms with van der Waals surface area (Å²) < 4.78 is 5.68. The van der Waals surface area contributed by atoms with Gasteiger partial charge in [0.05, 0.1) is 12.6 Å². The van der Waals surface area contributed by atoms with Gasteiger partial charge in [-0.1, -0.05) is 13.0 Å². The summed E-state index contributed by atoms with van der Waals surface area (Å²) in [5.41, 5.74) is 0.756. The number of amides is 1. The van der Waals surface area contributed by atoms with Crippen molar-refractivity contribution in [2.24, 2.45) is 0 Å². The normalized spacial score (nSPS) is 11.9. The molecule has 0 spiro atoms. The quantitative estimate of drug-likeness (QED) is 0.794. The van der Waals surface area contributed by atoms with Gasteiger partial charge < -0.3 is 15.4 Å². The van der Waals surface area contributed by atoms with Crippen LogP contribution in [0.25, 0.3) is 0 Å². The largest absolute Gasteiger partial charge is 0.491 e. The molecule has 1 rings (SSSR count). The summed E-state index contributed by atoms with van der Waals surface area (Å²) in [5.74, 6) is 0.717. The van der Waals surface area contributed by atoms with E-state index in [0.29, 0.717) is 6.54 Å². The van der Waals surface area contributed by atoms with Crippen LogP contribution in [0.4, 0.5) is 5.69 Å². The summed E-state index contributed by atoms with van der Waals surface area (Å²) in [6, 6.07) is 7.43. The van der Waals surface area contributed by atoms with E-state index in [1.165, 1.54) is 0 Å². The van der Waals surface area contributed by atoms with Gasteiger partial charge in [0.2, 0.25) is 5.91 Å². The lowest BCUT2D eigenvalue weighted by Gasteiger charge is -2.13. The smallest absolute Gasteiger partial charge is 0.238 e. The molecule has 17 heavy (non-hydrogen) atoms. The second kappa shape index (κ2) is 6.91. The second-order valence-electron chi connectivity index (χ2n) is 3.94. The van der Waals surface area contributed by atoms with E-state index in [9.17, 15) is 4.79 Å². The van der Waals surface area contributed by atoms with Crippen LogP contribution in [0.5, 0.6) is 5.75 Å². The fourth-order valence-electron chi connectivity index (χ4n) is 1.33. The van der Waals surface area contributed by atoms with Gasteiger partial charge in [-0.2, -0.15) is 0 Å². The molecule has 0 aliphatic rings. The molecule has 2 N–H and O–H groups in total. The zero-order valence-corrected chi connectivity index (χ0v) is 10.6. The molecule has 1 unspecified atom stereocenters. The predicted molar refractivity (Wildman–Crippen MR) is 69.4 cm³/mol. The first-order chi connectivity index (χ1) is 8.15. The zero-order valence-electron chi connectivity index (χ0n) is 10.6. The fraction of sp³-hybridized carbons (Fsp3) is 0.462. The summed E-state index contributed by atoms with van der Waals surface area (Å²) in [5, 5.41) is 5.59. The fourth-order valence-corrected chi connectivity index (χ4v) is 1.33. The summed E-state index contributed by atoms with van der Waals surface area (Å²) in [4.78, 5) is 11.4. The lowest BCUT2D eigenvalue weighted by Crippen LogP contribution is -2.25. The van der Waals surface area contributed by atoms with Gasteiger partial charge >= 0.3 is 0 Å². The summed E-state index contributed by atoms with van der Waals surface area (Å²) in [7, 11) is 1.74. The number of nitrogens with one attached hydrogen (secondary N) is 2. The van der Waals surface area contributed by atoms with Crippen molar-refractivity contribution >= 4 is 11.6 Å². The predicted octanol–water partition coefficient (Wildman–Crippen LogP) is 2.02. The van der Waals surface area contributed by atoms with Gasteiger partial charge in [0, 0.05) is 11.8 Å². The summed E-state index contributed by atoms with van der Waals surface area (Å²) in [6.07, 6.45) is 1.13. The second-order valence-corrected chi connectivity index (χ2v) is 3.94. The van der Waals surface area contributed by atoms with Crippen LogP contribution >= 0.6 is 0 Å². The van der Waals surface area contributed by atoms with Crippen LogP contribution in [0.1, 0.15) is 20.3 Å². The average Bonchev–Trinajstić information content (AvgIpc) is 2.29. The van der Waals surface area contributed by atoms with Crippen molar-refractivity contribution in [2.75, 3.05) is 18.9 Å². The van der Waals surface area contributed by atoms with E-state index < -0.39 is 0 Å². The standard InChI is InChI=1S/C13H20N2O2/c1-4-10(2)17-12-7-5-6-11(8-12)15-13(16)9-14-3/h5-8,10,14H,4,9H2,1-3H3,(H,15,16). The highest BCUT2D eigenvalue weighted by atomic mass is 16.5. The maximum absolute atomic E-state index is 11.4. The topological polar surface area (TPSA) is 50.4 Å². The molecule has 1 aromatic carbocycles. The Labute approximate surface area is 102 Å². The van der Waals surface area contributed by atoms with Gasteiger partial charge in [-0.15, -0.1) is 0 Å². The zero-order chi connectivity index (χ0) is 12.7. The molecule has 0 heterocycles. The van der Waals surface area contributed by atoms with E-state index in [-0.39, 0.29) is 12.0 Å². The van der Waals surface area contributed by atoms with Crippen LogP contribution < -0.4 is 15.4 Å². The number of anilines is 1. The maximum atomic E-state index is 11.4. The molecule has 94 valence electrons. The third-order valence-electron chi connectivity index (χ3n) is 2.37. The third-order valence-corrected chi connectivity index (χ3v) is 2.37. The van der Waals surface area contributed by atoms with Gasteiger partial charge in [0.1, 0.15) is 5.75 Å². The molecule has 4 heteroatoms. The van der Waals surface area contributed by atoms with Crippen LogP contribution in [0, 0.1) is 0 Å². The minimum Gasteiger partial charge on any atom is -0.491 e. The van der Waals surface area contributed by atoms with E-state index in [1.54, 1.807) is 7.05 Å². The molecular weight excluding hydrogens is 216 g/mol. The highest BCUT2D eigenvalue weighted by Gasteiger charge is 2.04. The van der Waals surface area contributed by atoms with Crippen molar-refractivity contribution < 1.29 is 9.53 Å². The highest BCUT2D eigenvalue weighted by Crippen LogP contribution is 2.19. The Morgan fingerprint density at radius 1 is 1.47 bits per heavy atom. The molecule has 0 aliphatic heterocycles. The molecule has 0 saturated carbocycles. The summed E-state index contributed by atoms with van der Waals surface area (Å²) >= 11 is 0. The Morgan fingerprint density at radius 2 is 2.24 bits per heavy atom. The van der Waals surface area contributed by atoms with Gasteiger partial charge in [-0.05, 0) is 32.5 Å².